The van der Waals surface area contributed by atoms with Crippen LogP contribution in [0.15, 0.2) is 36.1 Å². The zero-order valence-corrected chi connectivity index (χ0v) is 12.4. The molecule has 0 aliphatic rings. The van der Waals surface area contributed by atoms with Crippen molar-refractivity contribution in [2.45, 2.75) is 13.5 Å². The van der Waals surface area contributed by atoms with Gasteiger partial charge in [0.15, 0.2) is 0 Å². The summed E-state index contributed by atoms with van der Waals surface area (Å²) in [5.41, 5.74) is 3.12. The van der Waals surface area contributed by atoms with E-state index in [2.05, 4.69) is 4.84 Å². The molecule has 122 valence electrons. The molecule has 0 aliphatic heterocycles. The Morgan fingerprint density at radius 1 is 1.35 bits per heavy atom. The third kappa shape index (κ3) is 6.97. The van der Waals surface area contributed by atoms with E-state index in [-0.39, 0.29) is 25.4 Å². The number of ether oxygens (including phenoxy) is 2. The summed E-state index contributed by atoms with van der Waals surface area (Å²) in [7, 11) is 0. The predicted molar refractivity (Wildman–Crippen MR) is 77.4 cm³/mol. The van der Waals surface area contributed by atoms with Gasteiger partial charge in [0.05, 0.1) is 30.1 Å². The summed E-state index contributed by atoms with van der Waals surface area (Å²) in [6.45, 7) is 1.25. The molecule has 1 rings (SSSR count). The second-order valence-corrected chi connectivity index (χ2v) is 4.27. The van der Waals surface area contributed by atoms with Crippen LogP contribution >= 0.6 is 0 Å². The number of nitriles is 1. The normalized spacial score (nSPS) is 10.4. The molecule has 1 amide bonds. The van der Waals surface area contributed by atoms with Crippen LogP contribution < -0.4 is 5.48 Å². The lowest BCUT2D eigenvalue weighted by Gasteiger charge is -2.07. The van der Waals surface area contributed by atoms with Gasteiger partial charge in [0.2, 0.25) is 0 Å². The van der Waals surface area contributed by atoms with Crippen LogP contribution in [0, 0.1) is 11.3 Å². The quantitative estimate of drug-likeness (QED) is 0.349. The van der Waals surface area contributed by atoms with E-state index in [9.17, 15) is 9.59 Å². The Kier molecular flexibility index (Phi) is 7.68. The van der Waals surface area contributed by atoms with Crippen molar-refractivity contribution in [2.75, 3.05) is 13.2 Å². The first-order valence-corrected chi connectivity index (χ1v) is 6.59. The van der Waals surface area contributed by atoms with Crippen LogP contribution in [-0.4, -0.2) is 30.4 Å². The Labute approximate surface area is 132 Å². The molecule has 1 aromatic rings. The van der Waals surface area contributed by atoms with Gasteiger partial charge in [0.1, 0.15) is 13.2 Å². The number of hydrogen-bond acceptors (Lipinski definition) is 7. The first-order valence-electron chi connectivity index (χ1n) is 6.59. The highest BCUT2D eigenvalue weighted by molar-refractivity contribution is 5.88. The maximum Gasteiger partial charge on any atom is 0.441 e. The van der Waals surface area contributed by atoms with Gasteiger partial charge in [-0.3, -0.25) is 0 Å². The second-order valence-electron chi connectivity index (χ2n) is 4.27. The molecule has 0 unspecified atom stereocenters. The Balaban J connectivity index is 2.32. The van der Waals surface area contributed by atoms with Crippen molar-refractivity contribution >= 4 is 12.1 Å². The van der Waals surface area contributed by atoms with Crippen molar-refractivity contribution in [1.82, 2.24) is 5.48 Å². The van der Waals surface area contributed by atoms with Crippen molar-refractivity contribution in [3.8, 4) is 6.07 Å². The van der Waals surface area contributed by atoms with Gasteiger partial charge < -0.3 is 19.4 Å². The lowest BCUT2D eigenvalue weighted by Crippen LogP contribution is -2.28. The van der Waals surface area contributed by atoms with Crippen LogP contribution in [0.5, 0.6) is 0 Å². The summed E-state index contributed by atoms with van der Waals surface area (Å²) in [5.74, 6) is -0.821. The maximum atomic E-state index is 11.5. The molecule has 0 aromatic heterocycles. The van der Waals surface area contributed by atoms with Crippen LogP contribution in [0.4, 0.5) is 4.79 Å². The monoisotopic (exact) mass is 320 g/mol. The molecule has 0 bridgehead atoms. The van der Waals surface area contributed by atoms with Gasteiger partial charge in [-0.05, 0) is 24.6 Å². The molecule has 8 nitrogen and oxygen atoms in total. The van der Waals surface area contributed by atoms with E-state index in [4.69, 9.17) is 19.8 Å². The van der Waals surface area contributed by atoms with E-state index in [1.54, 1.807) is 24.3 Å². The number of benzene rings is 1. The Hall–Kier alpha value is -3.05. The van der Waals surface area contributed by atoms with Crippen LogP contribution in [0.25, 0.3) is 0 Å². The highest BCUT2D eigenvalue weighted by Gasteiger charge is 2.10. The number of nitrogens with zero attached hydrogens (tertiary/aromatic N) is 1. The average molecular weight is 320 g/mol. The molecule has 0 atom stereocenters. The Morgan fingerprint density at radius 2 is 2.04 bits per heavy atom. The number of hydrogen-bond donors (Lipinski definition) is 2. The van der Waals surface area contributed by atoms with Crippen molar-refractivity contribution in [1.29, 1.82) is 5.26 Å². The molecule has 23 heavy (non-hydrogen) atoms. The maximum absolute atomic E-state index is 11.5. The van der Waals surface area contributed by atoms with E-state index in [1.807, 2.05) is 11.5 Å². The van der Waals surface area contributed by atoms with Gasteiger partial charge in [-0.15, -0.1) is 5.48 Å². The van der Waals surface area contributed by atoms with Crippen LogP contribution in [0.3, 0.4) is 0 Å². The number of hydroxylamine groups is 1. The largest absolute Gasteiger partial charge is 0.498 e. The van der Waals surface area contributed by atoms with Crippen LogP contribution in [0.1, 0.15) is 18.1 Å². The van der Waals surface area contributed by atoms with Crippen molar-refractivity contribution in [3.63, 3.8) is 0 Å². The first-order chi connectivity index (χ1) is 11.1. The van der Waals surface area contributed by atoms with E-state index in [0.29, 0.717) is 11.1 Å². The Morgan fingerprint density at radius 3 is 2.65 bits per heavy atom. The average Bonchev–Trinajstić information content (AvgIpc) is 2.58. The van der Waals surface area contributed by atoms with Crippen molar-refractivity contribution < 1.29 is 29.0 Å². The number of nitrogens with one attached hydrogen (secondary N) is 1. The molecule has 8 heteroatoms. The minimum absolute atomic E-state index is 0.0382. The number of carbonyl (C=O) groups excluding carboxylic acids is 2. The first kappa shape index (κ1) is 18.0. The van der Waals surface area contributed by atoms with Gasteiger partial charge >= 0.3 is 12.1 Å². The topological polar surface area (TPSA) is 118 Å². The van der Waals surface area contributed by atoms with Gasteiger partial charge in [-0.2, -0.15) is 5.26 Å². The molecule has 2 N–H and O–H groups in total. The highest BCUT2D eigenvalue weighted by atomic mass is 16.7. The standard InChI is InChI=1S/C15H16N2O6/c1-11(9-21-7-6-18)14(19)23-17-15(20)22-10-13-4-2-12(8-16)3-5-13/h2-5,9,18H,6-7,10H2,1H3,(H,17,20). The number of carbonyl (C=O) groups is 2. The van der Waals surface area contributed by atoms with Gasteiger partial charge in [-0.25, -0.2) is 9.59 Å². The van der Waals surface area contributed by atoms with Gasteiger partial charge in [-0.1, -0.05) is 12.1 Å². The van der Waals surface area contributed by atoms with Crippen molar-refractivity contribution in [3.05, 3.63) is 47.2 Å². The second kappa shape index (κ2) is 9.81. The molecule has 0 heterocycles. The molecular formula is C15H16N2O6. The van der Waals surface area contributed by atoms with Gasteiger partial charge in [0, 0.05) is 0 Å². The summed E-state index contributed by atoms with van der Waals surface area (Å²) in [6.07, 6.45) is 0.175. The molecule has 0 fully saturated rings. The van der Waals surface area contributed by atoms with E-state index in [1.165, 1.54) is 6.92 Å². The predicted octanol–water partition coefficient (Wildman–Crippen LogP) is 1.16. The summed E-state index contributed by atoms with van der Waals surface area (Å²) < 4.78 is 9.65. The third-order valence-corrected chi connectivity index (χ3v) is 2.47. The fourth-order valence-electron chi connectivity index (χ4n) is 1.31. The molecule has 0 saturated heterocycles. The SMILES string of the molecule is CC(=COCCO)C(=O)ONC(=O)OCc1ccc(C#N)cc1. The summed E-state index contributed by atoms with van der Waals surface area (Å²) in [6, 6.07) is 8.45. The minimum atomic E-state index is -0.938. The fourth-order valence-corrected chi connectivity index (χ4v) is 1.31. The highest BCUT2D eigenvalue weighted by Crippen LogP contribution is 2.05. The molecule has 0 spiro atoms. The summed E-state index contributed by atoms with van der Waals surface area (Å²) >= 11 is 0. The number of aliphatic hydroxyl groups is 1. The molecule has 0 aliphatic carbocycles. The number of rotatable bonds is 6. The van der Waals surface area contributed by atoms with E-state index < -0.39 is 12.1 Å². The molecule has 0 radical (unpaired) electrons. The van der Waals surface area contributed by atoms with Crippen LogP contribution in [-0.2, 0) is 25.7 Å². The third-order valence-electron chi connectivity index (χ3n) is 2.47. The lowest BCUT2D eigenvalue weighted by atomic mass is 10.2. The van der Waals surface area contributed by atoms with Crippen LogP contribution in [0.2, 0.25) is 0 Å². The molecular weight excluding hydrogens is 304 g/mol. The molecule has 0 saturated carbocycles. The van der Waals surface area contributed by atoms with E-state index >= 15 is 0 Å². The molecule has 1 aromatic carbocycles. The smallest absolute Gasteiger partial charge is 0.441 e. The number of aliphatic hydroxyl groups excluding tert-OH is 1. The lowest BCUT2D eigenvalue weighted by molar-refractivity contribution is -0.145. The van der Waals surface area contributed by atoms with E-state index in [0.717, 1.165) is 6.26 Å². The Bertz CT molecular complexity index is 603. The van der Waals surface area contributed by atoms with Crippen molar-refractivity contribution in [2.24, 2.45) is 0 Å². The fraction of sp³-hybridized carbons (Fsp3) is 0.267. The summed E-state index contributed by atoms with van der Waals surface area (Å²) in [4.78, 5) is 27.3. The zero-order chi connectivity index (χ0) is 17.1. The minimum Gasteiger partial charge on any atom is -0.498 e. The zero-order valence-electron chi connectivity index (χ0n) is 12.4. The number of amides is 1. The summed E-state index contributed by atoms with van der Waals surface area (Å²) in [5, 5.41) is 17.2. The van der Waals surface area contributed by atoms with Gasteiger partial charge in [0.25, 0.3) is 0 Å².